The van der Waals surface area contributed by atoms with Crippen molar-refractivity contribution in [2.75, 3.05) is 0 Å². The molecule has 0 fully saturated rings. The van der Waals surface area contributed by atoms with Gasteiger partial charge in [-0.05, 0) is 0 Å². The predicted octanol–water partition coefficient (Wildman–Crippen LogP) is 1.02. The van der Waals surface area contributed by atoms with Gasteiger partial charge in [-0.25, -0.2) is 5.11 Å². The van der Waals surface area contributed by atoms with Crippen LogP contribution in [0.25, 0.3) is 0 Å². The van der Waals surface area contributed by atoms with Crippen molar-refractivity contribution in [1.82, 2.24) is 10.1 Å². The molecule has 4 nitrogen and oxygen atoms in total. The van der Waals surface area contributed by atoms with Crippen LogP contribution in [0.5, 0.6) is 0 Å². The highest BCUT2D eigenvalue weighted by molar-refractivity contribution is 4.89. The molecule has 0 unspecified atom stereocenters. The average molecular weight is 167 g/mol. The Morgan fingerprint density at radius 3 is 2.36 bits per heavy atom. The number of hydrogen-bond donors (Lipinski definition) is 0. The van der Waals surface area contributed by atoms with Crippen LogP contribution in [-0.2, 0) is 17.9 Å². The Balaban J connectivity index is 2.89. The number of hydrogen-bond acceptors (Lipinski definition) is 3. The predicted molar refractivity (Wildman–Crippen MR) is 23.7 cm³/mol. The molecule has 7 heteroatoms. The van der Waals surface area contributed by atoms with Crippen molar-refractivity contribution in [3.8, 4) is 0 Å². The summed E-state index contributed by atoms with van der Waals surface area (Å²) >= 11 is 0. The molecule has 1 aromatic rings. The van der Waals surface area contributed by atoms with Crippen LogP contribution in [0.1, 0.15) is 11.7 Å². The summed E-state index contributed by atoms with van der Waals surface area (Å²) in [7, 11) is 0. The zero-order valence-corrected chi connectivity index (χ0v) is 5.05. The van der Waals surface area contributed by atoms with Crippen LogP contribution in [0.4, 0.5) is 13.2 Å². The van der Waals surface area contributed by atoms with Gasteiger partial charge in [0.15, 0.2) is 6.61 Å². The Hall–Kier alpha value is -1.11. The molecule has 0 amide bonds. The number of alkyl halides is 3. The van der Waals surface area contributed by atoms with Gasteiger partial charge in [-0.3, -0.25) is 0 Å². The summed E-state index contributed by atoms with van der Waals surface area (Å²) in [5.74, 6) is -1.97. The molecular formula is C4H2F3N2O2. The van der Waals surface area contributed by atoms with Crippen LogP contribution in [0.2, 0.25) is 0 Å². The first kappa shape index (κ1) is 7.99. The minimum Gasteiger partial charge on any atom is -0.336 e. The van der Waals surface area contributed by atoms with E-state index in [-0.39, 0.29) is 0 Å². The van der Waals surface area contributed by atoms with Crippen molar-refractivity contribution >= 4 is 0 Å². The molecule has 0 atom stereocenters. The molecule has 0 aromatic carbocycles. The van der Waals surface area contributed by atoms with Crippen LogP contribution >= 0.6 is 0 Å². The van der Waals surface area contributed by atoms with Crippen LogP contribution in [-0.4, -0.2) is 10.1 Å². The first-order chi connectivity index (χ1) is 5.04. The third-order valence-electron chi connectivity index (χ3n) is 0.845. The Morgan fingerprint density at radius 1 is 1.45 bits per heavy atom. The lowest BCUT2D eigenvalue weighted by Crippen LogP contribution is -2.07. The molecule has 1 rings (SSSR count). The zero-order chi connectivity index (χ0) is 8.48. The second-order valence-corrected chi connectivity index (χ2v) is 1.65. The van der Waals surface area contributed by atoms with E-state index in [0.29, 0.717) is 0 Å². The summed E-state index contributed by atoms with van der Waals surface area (Å²) in [6, 6.07) is 0. The highest BCUT2D eigenvalue weighted by Crippen LogP contribution is 2.25. The molecule has 0 N–H and O–H groups in total. The quantitative estimate of drug-likeness (QED) is 0.627. The summed E-state index contributed by atoms with van der Waals surface area (Å²) < 4.78 is 38.9. The fraction of sp³-hybridized carbons (Fsp3) is 0.500. The van der Waals surface area contributed by atoms with E-state index in [9.17, 15) is 18.3 Å². The largest absolute Gasteiger partial charge is 0.455 e. The maximum absolute atomic E-state index is 11.7. The summed E-state index contributed by atoms with van der Waals surface area (Å²) in [6.07, 6.45) is -4.64. The van der Waals surface area contributed by atoms with Crippen LogP contribution in [0.3, 0.4) is 0 Å². The van der Waals surface area contributed by atoms with Gasteiger partial charge in [0.1, 0.15) is 0 Å². The van der Waals surface area contributed by atoms with E-state index >= 15 is 0 Å². The first-order valence-corrected chi connectivity index (χ1v) is 2.52. The van der Waals surface area contributed by atoms with Crippen molar-refractivity contribution in [3.05, 3.63) is 11.7 Å². The summed E-state index contributed by atoms with van der Waals surface area (Å²) in [6.45, 7) is -0.941. The molecule has 0 aliphatic rings. The number of nitrogens with zero attached hydrogens (tertiary/aromatic N) is 2. The van der Waals surface area contributed by atoms with Crippen LogP contribution in [0, 0.1) is 0 Å². The van der Waals surface area contributed by atoms with Gasteiger partial charge in [0, 0.05) is 0 Å². The number of rotatable bonds is 1. The fourth-order valence-electron chi connectivity index (χ4n) is 0.429. The van der Waals surface area contributed by atoms with Gasteiger partial charge in [0.2, 0.25) is 0 Å². The second kappa shape index (κ2) is 2.50. The fourth-order valence-corrected chi connectivity index (χ4v) is 0.429. The third kappa shape index (κ3) is 1.67. The Morgan fingerprint density at radius 2 is 2.09 bits per heavy atom. The molecule has 0 saturated heterocycles. The normalized spacial score (nSPS) is 12.0. The highest BCUT2D eigenvalue weighted by Gasteiger charge is 2.37. The number of halogens is 3. The van der Waals surface area contributed by atoms with Gasteiger partial charge >= 0.3 is 6.18 Å². The monoisotopic (exact) mass is 167 g/mol. The average Bonchev–Trinajstić information content (AvgIpc) is 2.32. The van der Waals surface area contributed by atoms with E-state index in [2.05, 4.69) is 14.7 Å². The van der Waals surface area contributed by atoms with Crippen molar-refractivity contribution < 1.29 is 22.8 Å². The van der Waals surface area contributed by atoms with Gasteiger partial charge in [-0.2, -0.15) is 18.2 Å². The molecule has 1 radical (unpaired) electrons. The Bertz CT molecular complexity index is 244. The zero-order valence-electron chi connectivity index (χ0n) is 5.05. The molecule has 1 heterocycles. The topological polar surface area (TPSA) is 58.8 Å². The third-order valence-corrected chi connectivity index (χ3v) is 0.845. The molecule has 0 aliphatic carbocycles. The van der Waals surface area contributed by atoms with E-state index < -0.39 is 24.5 Å². The SMILES string of the molecule is [O]Cc1nc(C(F)(F)F)no1. The smallest absolute Gasteiger partial charge is 0.336 e. The molecule has 61 valence electrons. The van der Waals surface area contributed by atoms with Crippen molar-refractivity contribution in [1.29, 1.82) is 0 Å². The van der Waals surface area contributed by atoms with E-state index in [1.807, 2.05) is 0 Å². The maximum atomic E-state index is 11.7. The van der Waals surface area contributed by atoms with E-state index in [0.717, 1.165) is 0 Å². The van der Waals surface area contributed by atoms with Gasteiger partial charge < -0.3 is 4.52 Å². The van der Waals surface area contributed by atoms with Gasteiger partial charge in [0.05, 0.1) is 0 Å². The highest BCUT2D eigenvalue weighted by atomic mass is 19.4. The number of aromatic nitrogens is 2. The minimum atomic E-state index is -4.64. The lowest BCUT2D eigenvalue weighted by atomic mass is 10.6. The molecular weight excluding hydrogens is 165 g/mol. The lowest BCUT2D eigenvalue weighted by molar-refractivity contribution is -0.146. The summed E-state index contributed by atoms with van der Waals surface area (Å²) in [5.41, 5.74) is 0. The summed E-state index contributed by atoms with van der Waals surface area (Å²) in [4.78, 5) is 2.78. The van der Waals surface area contributed by atoms with Gasteiger partial charge in [0.25, 0.3) is 11.7 Å². The van der Waals surface area contributed by atoms with Crippen LogP contribution in [0.15, 0.2) is 4.52 Å². The molecule has 0 bridgehead atoms. The standard InChI is InChI=1S/C4H2F3N2O2/c5-4(6,7)3-8-2(1-10)11-9-3/h1H2. The van der Waals surface area contributed by atoms with E-state index in [1.54, 1.807) is 0 Å². The molecule has 0 aliphatic heterocycles. The van der Waals surface area contributed by atoms with Gasteiger partial charge in [-0.1, -0.05) is 5.16 Å². The van der Waals surface area contributed by atoms with Crippen molar-refractivity contribution in [2.45, 2.75) is 12.8 Å². The Kier molecular flexibility index (Phi) is 1.81. The van der Waals surface area contributed by atoms with Crippen molar-refractivity contribution in [2.24, 2.45) is 0 Å². The second-order valence-electron chi connectivity index (χ2n) is 1.65. The molecule has 0 saturated carbocycles. The molecule has 1 aromatic heterocycles. The maximum Gasteiger partial charge on any atom is 0.455 e. The Labute approximate surface area is 58.6 Å². The minimum absolute atomic E-state index is 0.558. The molecule has 11 heavy (non-hydrogen) atoms. The van der Waals surface area contributed by atoms with Crippen LogP contribution < -0.4 is 0 Å². The summed E-state index contributed by atoms with van der Waals surface area (Å²) in [5, 5.41) is 12.5. The van der Waals surface area contributed by atoms with Gasteiger partial charge in [-0.15, -0.1) is 0 Å². The first-order valence-electron chi connectivity index (χ1n) is 2.52. The van der Waals surface area contributed by atoms with E-state index in [4.69, 9.17) is 0 Å². The lowest BCUT2D eigenvalue weighted by Gasteiger charge is -1.95. The molecule has 0 spiro atoms. The van der Waals surface area contributed by atoms with Crippen molar-refractivity contribution in [3.63, 3.8) is 0 Å². The van der Waals surface area contributed by atoms with E-state index in [1.165, 1.54) is 0 Å².